The van der Waals surface area contributed by atoms with Crippen molar-refractivity contribution >= 4 is 21.8 Å². The molecule has 1 aromatic heterocycles. The molecule has 0 aliphatic heterocycles. The number of amides is 1. The van der Waals surface area contributed by atoms with Crippen LogP contribution < -0.4 is 5.32 Å². The van der Waals surface area contributed by atoms with Crippen molar-refractivity contribution in [1.29, 1.82) is 0 Å². The summed E-state index contributed by atoms with van der Waals surface area (Å²) in [4.78, 5) is 14.2. The van der Waals surface area contributed by atoms with E-state index >= 15 is 0 Å². The fourth-order valence-electron chi connectivity index (χ4n) is 0.825. The number of rotatable bonds is 3. The Balaban J connectivity index is 2.54. The van der Waals surface area contributed by atoms with Crippen molar-refractivity contribution in [3.05, 3.63) is 34.6 Å². The molecule has 3 nitrogen and oxygen atoms in total. The van der Waals surface area contributed by atoms with Crippen LogP contribution in [0.25, 0.3) is 0 Å². The number of hydrogen-bond acceptors (Lipinski definition) is 1. The average molecular weight is 243 g/mol. The molecule has 0 saturated carbocycles. The molecule has 13 heavy (non-hydrogen) atoms. The normalized spacial score (nSPS) is 9.69. The zero-order chi connectivity index (χ0) is 9.84. The first kappa shape index (κ1) is 10.1. The van der Waals surface area contributed by atoms with Crippen molar-refractivity contribution in [1.82, 2.24) is 10.3 Å². The number of carbonyl (C=O) groups excluding carboxylic acids is 1. The van der Waals surface area contributed by atoms with E-state index in [1.807, 2.05) is 6.92 Å². The van der Waals surface area contributed by atoms with Gasteiger partial charge in [0, 0.05) is 17.2 Å². The van der Waals surface area contributed by atoms with Gasteiger partial charge in [-0.25, -0.2) is 0 Å². The summed E-state index contributed by atoms with van der Waals surface area (Å²) in [5.41, 5.74) is 1.48. The Labute approximate surface area is 85.4 Å². The van der Waals surface area contributed by atoms with E-state index in [9.17, 15) is 4.79 Å². The van der Waals surface area contributed by atoms with Gasteiger partial charge in [0.05, 0.1) is 0 Å². The predicted octanol–water partition coefficient (Wildman–Crippen LogP) is 2.08. The number of aromatic nitrogens is 1. The van der Waals surface area contributed by atoms with Gasteiger partial charge >= 0.3 is 0 Å². The maximum absolute atomic E-state index is 11.4. The fourth-order valence-corrected chi connectivity index (χ4v) is 1.17. The molecule has 0 spiro atoms. The van der Waals surface area contributed by atoms with E-state index in [2.05, 4.69) is 32.8 Å². The Morgan fingerprint density at radius 2 is 2.46 bits per heavy atom. The second-order valence-electron chi connectivity index (χ2n) is 2.87. The molecule has 0 aliphatic rings. The van der Waals surface area contributed by atoms with Gasteiger partial charge in [0.25, 0.3) is 5.91 Å². The third-order valence-electron chi connectivity index (χ3n) is 1.44. The molecule has 1 amide bonds. The summed E-state index contributed by atoms with van der Waals surface area (Å²) in [6, 6.07) is 1.73. The lowest BCUT2D eigenvalue weighted by atomic mass is 10.3. The van der Waals surface area contributed by atoms with Crippen molar-refractivity contribution in [2.45, 2.75) is 6.92 Å². The van der Waals surface area contributed by atoms with E-state index < -0.39 is 0 Å². The van der Waals surface area contributed by atoms with Gasteiger partial charge in [0.2, 0.25) is 0 Å². The second-order valence-corrected chi connectivity index (χ2v) is 3.79. The SMILES string of the molecule is C=C(C)CNC(=O)c1cc(Br)c[nH]1. The molecule has 0 unspecified atom stereocenters. The smallest absolute Gasteiger partial charge is 0.267 e. The fraction of sp³-hybridized carbons (Fsp3) is 0.222. The van der Waals surface area contributed by atoms with Gasteiger partial charge in [-0.15, -0.1) is 0 Å². The zero-order valence-electron chi connectivity index (χ0n) is 7.36. The van der Waals surface area contributed by atoms with E-state index in [1.54, 1.807) is 12.3 Å². The van der Waals surface area contributed by atoms with Crippen LogP contribution in [0.2, 0.25) is 0 Å². The van der Waals surface area contributed by atoms with Crippen LogP contribution in [0.3, 0.4) is 0 Å². The van der Waals surface area contributed by atoms with Crippen molar-refractivity contribution < 1.29 is 4.79 Å². The van der Waals surface area contributed by atoms with Crippen LogP contribution in [-0.2, 0) is 0 Å². The molecule has 1 heterocycles. The van der Waals surface area contributed by atoms with Gasteiger partial charge in [-0.05, 0) is 28.9 Å². The highest BCUT2D eigenvalue weighted by atomic mass is 79.9. The Kier molecular flexibility index (Phi) is 3.31. The number of aromatic amines is 1. The highest BCUT2D eigenvalue weighted by Crippen LogP contribution is 2.10. The molecule has 4 heteroatoms. The lowest BCUT2D eigenvalue weighted by Gasteiger charge is -2.01. The first-order valence-corrected chi connectivity index (χ1v) is 4.65. The predicted molar refractivity (Wildman–Crippen MR) is 55.6 cm³/mol. The molecule has 0 bridgehead atoms. The monoisotopic (exact) mass is 242 g/mol. The first-order chi connectivity index (χ1) is 6.09. The summed E-state index contributed by atoms with van der Waals surface area (Å²) >= 11 is 3.25. The third kappa shape index (κ3) is 3.06. The molecule has 0 fully saturated rings. The lowest BCUT2D eigenvalue weighted by molar-refractivity contribution is 0.0952. The zero-order valence-corrected chi connectivity index (χ0v) is 8.94. The van der Waals surface area contributed by atoms with Crippen LogP contribution in [-0.4, -0.2) is 17.4 Å². The standard InChI is InChI=1S/C9H11BrN2O/c1-6(2)4-12-9(13)8-3-7(10)5-11-8/h3,5,11H,1,4H2,2H3,(H,12,13). The quantitative estimate of drug-likeness (QED) is 0.784. The Morgan fingerprint density at radius 1 is 1.77 bits per heavy atom. The van der Waals surface area contributed by atoms with E-state index in [1.165, 1.54) is 0 Å². The average Bonchev–Trinajstić information content (AvgIpc) is 2.47. The summed E-state index contributed by atoms with van der Waals surface area (Å²) in [5, 5.41) is 2.72. The number of H-pyrrole nitrogens is 1. The van der Waals surface area contributed by atoms with Crippen molar-refractivity contribution in [3.63, 3.8) is 0 Å². The van der Waals surface area contributed by atoms with Crippen LogP contribution >= 0.6 is 15.9 Å². The van der Waals surface area contributed by atoms with Crippen molar-refractivity contribution in [2.75, 3.05) is 6.54 Å². The summed E-state index contributed by atoms with van der Waals surface area (Å²) in [6.07, 6.45) is 1.72. The van der Waals surface area contributed by atoms with Crippen LogP contribution in [0.5, 0.6) is 0 Å². The number of carbonyl (C=O) groups is 1. The van der Waals surface area contributed by atoms with E-state index in [4.69, 9.17) is 0 Å². The Bertz CT molecular complexity index is 330. The molecule has 1 rings (SSSR count). The third-order valence-corrected chi connectivity index (χ3v) is 1.90. The number of halogens is 1. The Morgan fingerprint density at radius 3 is 2.92 bits per heavy atom. The summed E-state index contributed by atoms with van der Waals surface area (Å²) < 4.78 is 0.868. The molecule has 0 aliphatic carbocycles. The minimum atomic E-state index is -0.117. The number of nitrogens with one attached hydrogen (secondary N) is 2. The van der Waals surface area contributed by atoms with Crippen LogP contribution in [0.1, 0.15) is 17.4 Å². The molecule has 2 N–H and O–H groups in total. The Hall–Kier alpha value is -1.03. The first-order valence-electron chi connectivity index (χ1n) is 3.86. The molecular weight excluding hydrogens is 232 g/mol. The molecule has 0 saturated heterocycles. The van der Waals surface area contributed by atoms with Gasteiger partial charge in [-0.2, -0.15) is 0 Å². The molecule has 0 aromatic carbocycles. The van der Waals surface area contributed by atoms with E-state index in [-0.39, 0.29) is 5.91 Å². The molecule has 1 aromatic rings. The van der Waals surface area contributed by atoms with Gasteiger partial charge in [-0.1, -0.05) is 12.2 Å². The van der Waals surface area contributed by atoms with Gasteiger partial charge in [0.15, 0.2) is 0 Å². The highest BCUT2D eigenvalue weighted by molar-refractivity contribution is 9.10. The lowest BCUT2D eigenvalue weighted by Crippen LogP contribution is -2.24. The van der Waals surface area contributed by atoms with Gasteiger partial charge < -0.3 is 10.3 Å². The largest absolute Gasteiger partial charge is 0.356 e. The summed E-state index contributed by atoms with van der Waals surface area (Å²) in [6.45, 7) is 6.07. The van der Waals surface area contributed by atoms with Gasteiger partial charge in [-0.3, -0.25) is 4.79 Å². The highest BCUT2D eigenvalue weighted by Gasteiger charge is 2.05. The van der Waals surface area contributed by atoms with Crippen LogP contribution in [0.15, 0.2) is 28.9 Å². The van der Waals surface area contributed by atoms with Crippen molar-refractivity contribution in [3.8, 4) is 0 Å². The van der Waals surface area contributed by atoms with Crippen LogP contribution in [0, 0.1) is 0 Å². The minimum Gasteiger partial charge on any atom is -0.356 e. The van der Waals surface area contributed by atoms with Crippen LogP contribution in [0.4, 0.5) is 0 Å². The molecule has 0 atom stereocenters. The number of hydrogen-bond donors (Lipinski definition) is 2. The maximum atomic E-state index is 11.4. The summed E-state index contributed by atoms with van der Waals surface area (Å²) in [7, 11) is 0. The minimum absolute atomic E-state index is 0.117. The topological polar surface area (TPSA) is 44.9 Å². The maximum Gasteiger partial charge on any atom is 0.267 e. The van der Waals surface area contributed by atoms with Crippen molar-refractivity contribution in [2.24, 2.45) is 0 Å². The van der Waals surface area contributed by atoms with Gasteiger partial charge in [0.1, 0.15) is 5.69 Å². The second kappa shape index (κ2) is 4.28. The molecule has 70 valence electrons. The molecular formula is C9H11BrN2O. The van der Waals surface area contributed by atoms with E-state index in [0.29, 0.717) is 12.2 Å². The summed E-state index contributed by atoms with van der Waals surface area (Å²) in [5.74, 6) is -0.117. The molecule has 0 radical (unpaired) electrons. The van der Waals surface area contributed by atoms with E-state index in [0.717, 1.165) is 10.0 Å².